The van der Waals surface area contributed by atoms with Gasteiger partial charge in [-0.3, -0.25) is 9.69 Å². The molecule has 0 bridgehead atoms. The smallest absolute Gasteiger partial charge is 0.234 e. The van der Waals surface area contributed by atoms with Gasteiger partial charge in [0.15, 0.2) is 0 Å². The van der Waals surface area contributed by atoms with Crippen molar-refractivity contribution in [3.8, 4) is 5.75 Å². The second kappa shape index (κ2) is 7.90. The van der Waals surface area contributed by atoms with Crippen molar-refractivity contribution in [2.24, 2.45) is 5.92 Å². The normalized spacial score (nSPS) is 12.6. The third kappa shape index (κ3) is 5.61. The highest BCUT2D eigenvalue weighted by Gasteiger charge is 2.12. The molecule has 0 aromatic heterocycles. The Morgan fingerprint density at radius 2 is 2.05 bits per heavy atom. The first-order chi connectivity index (χ1) is 9.42. The summed E-state index contributed by atoms with van der Waals surface area (Å²) in [7, 11) is 3.60. The molecule has 4 heteroatoms. The summed E-state index contributed by atoms with van der Waals surface area (Å²) in [6, 6.07) is 8.11. The molecular formula is C16H26N2O2. The van der Waals surface area contributed by atoms with Crippen LogP contribution >= 0.6 is 0 Å². The lowest BCUT2D eigenvalue weighted by Gasteiger charge is -2.21. The van der Waals surface area contributed by atoms with E-state index in [1.54, 1.807) is 7.11 Å². The molecule has 1 amide bonds. The maximum atomic E-state index is 11.9. The Morgan fingerprint density at radius 3 is 2.65 bits per heavy atom. The van der Waals surface area contributed by atoms with Gasteiger partial charge in [-0.05, 0) is 37.6 Å². The number of methoxy groups -OCH3 is 1. The van der Waals surface area contributed by atoms with Crippen LogP contribution in [0.4, 0.5) is 0 Å². The first-order valence-electron chi connectivity index (χ1n) is 7.03. The Balaban J connectivity index is 2.46. The molecule has 1 unspecified atom stereocenters. The lowest BCUT2D eigenvalue weighted by molar-refractivity contribution is -0.122. The van der Waals surface area contributed by atoms with E-state index in [0.29, 0.717) is 12.5 Å². The number of carbonyl (C=O) groups is 1. The third-order valence-electron chi connectivity index (χ3n) is 3.39. The summed E-state index contributed by atoms with van der Waals surface area (Å²) in [5, 5.41) is 3.01. The number of nitrogens with one attached hydrogen (secondary N) is 1. The van der Waals surface area contributed by atoms with Crippen LogP contribution in [-0.2, 0) is 11.3 Å². The average molecular weight is 278 g/mol. The van der Waals surface area contributed by atoms with Gasteiger partial charge >= 0.3 is 0 Å². The number of carbonyl (C=O) groups excluding carboxylic acids is 1. The average Bonchev–Trinajstić information content (AvgIpc) is 2.38. The van der Waals surface area contributed by atoms with Gasteiger partial charge in [0.2, 0.25) is 5.91 Å². The van der Waals surface area contributed by atoms with Crippen LogP contribution in [0.25, 0.3) is 0 Å². The number of hydrogen-bond acceptors (Lipinski definition) is 3. The Kier molecular flexibility index (Phi) is 6.52. The summed E-state index contributed by atoms with van der Waals surface area (Å²) in [6.07, 6.45) is 0. The zero-order chi connectivity index (χ0) is 15.1. The van der Waals surface area contributed by atoms with E-state index in [1.165, 1.54) is 0 Å². The molecule has 0 heterocycles. The van der Waals surface area contributed by atoms with Gasteiger partial charge in [0.1, 0.15) is 5.75 Å². The Morgan fingerprint density at radius 1 is 1.35 bits per heavy atom. The van der Waals surface area contributed by atoms with Crippen LogP contribution < -0.4 is 10.1 Å². The maximum Gasteiger partial charge on any atom is 0.234 e. The Labute approximate surface area is 122 Å². The summed E-state index contributed by atoms with van der Waals surface area (Å²) in [5.74, 6) is 1.35. The predicted octanol–water partition coefficient (Wildman–Crippen LogP) is 2.29. The number of likely N-dealkylation sites (N-methyl/N-ethyl adjacent to an activating group) is 1. The first-order valence-corrected chi connectivity index (χ1v) is 7.03. The van der Waals surface area contributed by atoms with E-state index in [1.807, 2.05) is 43.1 Å². The minimum Gasteiger partial charge on any atom is -0.497 e. The van der Waals surface area contributed by atoms with Crippen molar-refractivity contribution in [1.82, 2.24) is 10.2 Å². The molecule has 0 aliphatic rings. The second-order valence-corrected chi connectivity index (χ2v) is 5.62. The molecule has 1 atom stereocenters. The number of ether oxygens (including phenoxy) is 1. The fraction of sp³-hybridized carbons (Fsp3) is 0.562. The molecule has 0 radical (unpaired) electrons. The fourth-order valence-corrected chi connectivity index (χ4v) is 1.85. The molecule has 0 aliphatic carbocycles. The first kappa shape index (κ1) is 16.5. The summed E-state index contributed by atoms with van der Waals surface area (Å²) >= 11 is 0. The highest BCUT2D eigenvalue weighted by Crippen LogP contribution is 2.13. The Hall–Kier alpha value is -1.55. The van der Waals surface area contributed by atoms with Crippen LogP contribution in [-0.4, -0.2) is 37.6 Å². The zero-order valence-electron chi connectivity index (χ0n) is 13.1. The number of nitrogens with zero attached hydrogens (tertiary/aromatic N) is 1. The summed E-state index contributed by atoms with van der Waals surface area (Å²) in [4.78, 5) is 13.9. The monoisotopic (exact) mass is 278 g/mol. The van der Waals surface area contributed by atoms with Crippen molar-refractivity contribution in [2.75, 3.05) is 20.7 Å². The molecule has 20 heavy (non-hydrogen) atoms. The topological polar surface area (TPSA) is 41.6 Å². The van der Waals surface area contributed by atoms with E-state index in [9.17, 15) is 4.79 Å². The molecular weight excluding hydrogens is 252 g/mol. The lowest BCUT2D eigenvalue weighted by atomic mass is 10.1. The highest BCUT2D eigenvalue weighted by molar-refractivity contribution is 5.78. The van der Waals surface area contributed by atoms with E-state index in [2.05, 4.69) is 19.2 Å². The molecule has 1 aromatic rings. The van der Waals surface area contributed by atoms with E-state index in [-0.39, 0.29) is 11.9 Å². The van der Waals surface area contributed by atoms with Gasteiger partial charge in [-0.25, -0.2) is 0 Å². The molecule has 0 saturated heterocycles. The summed E-state index contributed by atoms with van der Waals surface area (Å²) in [6.45, 7) is 7.36. The van der Waals surface area contributed by atoms with Crippen LogP contribution in [0.2, 0.25) is 0 Å². The van der Waals surface area contributed by atoms with E-state index < -0.39 is 0 Å². The van der Waals surface area contributed by atoms with E-state index >= 15 is 0 Å². The van der Waals surface area contributed by atoms with Crippen molar-refractivity contribution in [2.45, 2.75) is 33.4 Å². The molecule has 0 fully saturated rings. The SMILES string of the molecule is COc1cccc(CN(C)CC(=O)NC(C)C(C)C)c1. The van der Waals surface area contributed by atoms with Gasteiger partial charge in [-0.15, -0.1) is 0 Å². The highest BCUT2D eigenvalue weighted by atomic mass is 16.5. The molecule has 1 rings (SSSR count). The number of benzene rings is 1. The molecule has 0 saturated carbocycles. The summed E-state index contributed by atoms with van der Waals surface area (Å²) < 4.78 is 5.20. The third-order valence-corrected chi connectivity index (χ3v) is 3.39. The number of rotatable bonds is 7. The molecule has 0 aliphatic heterocycles. The minimum atomic E-state index is 0.0663. The van der Waals surface area contributed by atoms with Crippen LogP contribution in [0.15, 0.2) is 24.3 Å². The number of hydrogen-bond donors (Lipinski definition) is 1. The van der Waals surface area contributed by atoms with Gasteiger partial charge in [0, 0.05) is 12.6 Å². The lowest BCUT2D eigenvalue weighted by Crippen LogP contribution is -2.41. The van der Waals surface area contributed by atoms with Crippen molar-refractivity contribution in [3.63, 3.8) is 0 Å². The molecule has 0 spiro atoms. The van der Waals surface area contributed by atoms with Crippen LogP contribution in [0.1, 0.15) is 26.3 Å². The maximum absolute atomic E-state index is 11.9. The van der Waals surface area contributed by atoms with Gasteiger partial charge in [0.25, 0.3) is 0 Å². The van der Waals surface area contributed by atoms with Gasteiger partial charge in [-0.1, -0.05) is 26.0 Å². The van der Waals surface area contributed by atoms with E-state index in [4.69, 9.17) is 4.74 Å². The molecule has 112 valence electrons. The summed E-state index contributed by atoms with van der Waals surface area (Å²) in [5.41, 5.74) is 1.14. The van der Waals surface area contributed by atoms with Gasteiger partial charge in [-0.2, -0.15) is 0 Å². The fourth-order valence-electron chi connectivity index (χ4n) is 1.85. The molecule has 4 nitrogen and oxygen atoms in total. The van der Waals surface area contributed by atoms with E-state index in [0.717, 1.165) is 17.9 Å². The van der Waals surface area contributed by atoms with Crippen LogP contribution in [0.3, 0.4) is 0 Å². The van der Waals surface area contributed by atoms with Crippen molar-refractivity contribution in [3.05, 3.63) is 29.8 Å². The van der Waals surface area contributed by atoms with Gasteiger partial charge in [0.05, 0.1) is 13.7 Å². The largest absolute Gasteiger partial charge is 0.497 e. The van der Waals surface area contributed by atoms with Crippen molar-refractivity contribution < 1.29 is 9.53 Å². The minimum absolute atomic E-state index is 0.0663. The van der Waals surface area contributed by atoms with Crippen molar-refractivity contribution >= 4 is 5.91 Å². The second-order valence-electron chi connectivity index (χ2n) is 5.62. The Bertz CT molecular complexity index is 432. The predicted molar refractivity (Wildman–Crippen MR) is 81.8 cm³/mol. The zero-order valence-corrected chi connectivity index (χ0v) is 13.1. The van der Waals surface area contributed by atoms with Crippen LogP contribution in [0.5, 0.6) is 5.75 Å². The van der Waals surface area contributed by atoms with Crippen LogP contribution in [0, 0.1) is 5.92 Å². The van der Waals surface area contributed by atoms with Crippen molar-refractivity contribution in [1.29, 1.82) is 0 Å². The number of amides is 1. The quantitative estimate of drug-likeness (QED) is 0.832. The van der Waals surface area contributed by atoms with Gasteiger partial charge < -0.3 is 10.1 Å². The molecule has 1 aromatic carbocycles. The molecule has 1 N–H and O–H groups in total. The standard InChI is InChI=1S/C16H26N2O2/c1-12(2)13(3)17-16(19)11-18(4)10-14-7-6-8-15(9-14)20-5/h6-9,12-13H,10-11H2,1-5H3,(H,17,19).